The number of ether oxygens (including phenoxy) is 2. The van der Waals surface area contributed by atoms with Crippen LogP contribution in [-0.4, -0.2) is 12.6 Å². The molecular formula is C15H10FNO3. The van der Waals surface area contributed by atoms with Crippen molar-refractivity contribution in [1.29, 1.82) is 5.26 Å². The minimum atomic E-state index is -0.639. The summed E-state index contributed by atoms with van der Waals surface area (Å²) in [5.41, 5.74) is 0.500. The first kappa shape index (κ1) is 13.6. The highest BCUT2D eigenvalue weighted by atomic mass is 19.1. The van der Waals surface area contributed by atoms with Gasteiger partial charge in [0, 0.05) is 6.07 Å². The zero-order valence-corrected chi connectivity index (χ0v) is 10.4. The van der Waals surface area contributed by atoms with E-state index in [9.17, 15) is 9.18 Å². The summed E-state index contributed by atoms with van der Waals surface area (Å²) in [6.45, 7) is -0.303. The summed E-state index contributed by atoms with van der Waals surface area (Å²) < 4.78 is 23.0. The predicted octanol–water partition coefficient (Wildman–Crippen LogP) is 2.68. The second-order valence-corrected chi connectivity index (χ2v) is 3.86. The minimum Gasteiger partial charge on any atom is -0.482 e. The smallest absolute Gasteiger partial charge is 0.349 e. The van der Waals surface area contributed by atoms with Gasteiger partial charge in [0.05, 0.1) is 11.6 Å². The Morgan fingerprint density at radius 3 is 2.55 bits per heavy atom. The molecule has 2 aromatic carbocycles. The molecule has 0 N–H and O–H groups in total. The number of carbonyl (C=O) groups is 1. The summed E-state index contributed by atoms with van der Waals surface area (Å²) in [5, 5.41) is 8.64. The number of rotatable bonds is 4. The SMILES string of the molecule is N#Cc1ccc(OCC(=O)Oc2cccc(F)c2)cc1. The normalized spacial score (nSPS) is 9.60. The number of nitriles is 1. The van der Waals surface area contributed by atoms with Gasteiger partial charge in [-0.2, -0.15) is 5.26 Å². The number of hydrogen-bond donors (Lipinski definition) is 0. The summed E-state index contributed by atoms with van der Waals surface area (Å²) in [7, 11) is 0. The molecule has 0 saturated heterocycles. The van der Waals surface area contributed by atoms with Crippen LogP contribution in [0.3, 0.4) is 0 Å². The molecule has 5 heteroatoms. The van der Waals surface area contributed by atoms with Gasteiger partial charge < -0.3 is 9.47 Å². The third-order valence-electron chi connectivity index (χ3n) is 2.37. The molecule has 0 bridgehead atoms. The largest absolute Gasteiger partial charge is 0.482 e. The zero-order chi connectivity index (χ0) is 14.4. The van der Waals surface area contributed by atoms with Crippen LogP contribution < -0.4 is 9.47 Å². The molecule has 0 spiro atoms. The van der Waals surface area contributed by atoms with Crippen LogP contribution >= 0.6 is 0 Å². The van der Waals surface area contributed by atoms with Crippen molar-refractivity contribution in [3.05, 3.63) is 59.9 Å². The van der Waals surface area contributed by atoms with Crippen LogP contribution in [0.25, 0.3) is 0 Å². The summed E-state index contributed by atoms with van der Waals surface area (Å²) in [6.07, 6.45) is 0. The topological polar surface area (TPSA) is 59.3 Å². The Morgan fingerprint density at radius 1 is 1.15 bits per heavy atom. The van der Waals surface area contributed by atoms with Crippen LogP contribution in [0.15, 0.2) is 48.5 Å². The minimum absolute atomic E-state index is 0.124. The fraction of sp³-hybridized carbons (Fsp3) is 0.0667. The van der Waals surface area contributed by atoms with E-state index in [0.29, 0.717) is 11.3 Å². The quantitative estimate of drug-likeness (QED) is 0.633. The van der Waals surface area contributed by atoms with Crippen molar-refractivity contribution in [2.24, 2.45) is 0 Å². The van der Waals surface area contributed by atoms with Gasteiger partial charge >= 0.3 is 5.97 Å². The Bertz CT molecular complexity index is 647. The molecule has 0 fully saturated rings. The number of hydrogen-bond acceptors (Lipinski definition) is 4. The Hall–Kier alpha value is -2.87. The molecule has 0 unspecified atom stereocenters. The number of nitrogens with zero attached hydrogens (tertiary/aromatic N) is 1. The van der Waals surface area contributed by atoms with Crippen molar-refractivity contribution in [3.63, 3.8) is 0 Å². The second-order valence-electron chi connectivity index (χ2n) is 3.86. The maximum Gasteiger partial charge on any atom is 0.349 e. The molecule has 0 aliphatic rings. The molecule has 2 rings (SSSR count). The van der Waals surface area contributed by atoms with Crippen molar-refractivity contribution in [3.8, 4) is 17.6 Å². The Morgan fingerprint density at radius 2 is 1.90 bits per heavy atom. The fourth-order valence-electron chi connectivity index (χ4n) is 1.46. The van der Waals surface area contributed by atoms with Crippen molar-refractivity contribution in [1.82, 2.24) is 0 Å². The molecule has 0 aliphatic carbocycles. The molecule has 100 valence electrons. The average Bonchev–Trinajstić information content (AvgIpc) is 2.46. The maximum atomic E-state index is 12.9. The molecule has 0 radical (unpaired) electrons. The molecule has 0 saturated carbocycles. The lowest BCUT2D eigenvalue weighted by Gasteiger charge is -2.06. The third-order valence-corrected chi connectivity index (χ3v) is 2.37. The molecule has 20 heavy (non-hydrogen) atoms. The predicted molar refractivity (Wildman–Crippen MR) is 68.7 cm³/mol. The monoisotopic (exact) mass is 271 g/mol. The van der Waals surface area contributed by atoms with Crippen LogP contribution in [0.1, 0.15) is 5.56 Å². The van der Waals surface area contributed by atoms with Crippen LogP contribution in [0.5, 0.6) is 11.5 Å². The molecule has 0 amide bonds. The van der Waals surface area contributed by atoms with Crippen LogP contribution in [0.2, 0.25) is 0 Å². The highest BCUT2D eigenvalue weighted by Gasteiger charge is 2.06. The van der Waals surface area contributed by atoms with E-state index < -0.39 is 11.8 Å². The molecule has 0 heterocycles. The van der Waals surface area contributed by atoms with Crippen molar-refractivity contribution in [2.75, 3.05) is 6.61 Å². The molecule has 2 aromatic rings. The van der Waals surface area contributed by atoms with E-state index in [4.69, 9.17) is 14.7 Å². The van der Waals surface area contributed by atoms with Crippen LogP contribution in [0, 0.1) is 17.1 Å². The first-order valence-electron chi connectivity index (χ1n) is 5.76. The highest BCUT2D eigenvalue weighted by molar-refractivity contribution is 5.73. The van der Waals surface area contributed by atoms with Gasteiger partial charge in [-0.1, -0.05) is 6.07 Å². The Labute approximate surface area is 115 Å². The van der Waals surface area contributed by atoms with E-state index in [1.54, 1.807) is 24.3 Å². The van der Waals surface area contributed by atoms with Gasteiger partial charge in [0.2, 0.25) is 0 Å². The van der Waals surface area contributed by atoms with Crippen LogP contribution in [-0.2, 0) is 4.79 Å². The summed E-state index contributed by atoms with van der Waals surface area (Å²) >= 11 is 0. The van der Waals surface area contributed by atoms with E-state index in [1.807, 2.05) is 6.07 Å². The first-order valence-corrected chi connectivity index (χ1v) is 5.76. The lowest BCUT2D eigenvalue weighted by molar-refractivity contribution is -0.136. The fourth-order valence-corrected chi connectivity index (χ4v) is 1.46. The zero-order valence-electron chi connectivity index (χ0n) is 10.4. The van der Waals surface area contributed by atoms with E-state index in [0.717, 1.165) is 6.07 Å². The van der Waals surface area contributed by atoms with Gasteiger partial charge in [0.15, 0.2) is 6.61 Å². The summed E-state index contributed by atoms with van der Waals surface area (Å²) in [6, 6.07) is 13.6. The van der Waals surface area contributed by atoms with Gasteiger partial charge in [0.25, 0.3) is 0 Å². The lowest BCUT2D eigenvalue weighted by atomic mass is 10.2. The molecule has 0 aromatic heterocycles. The van der Waals surface area contributed by atoms with Crippen LogP contribution in [0.4, 0.5) is 4.39 Å². The average molecular weight is 271 g/mol. The van der Waals surface area contributed by atoms with E-state index in [-0.39, 0.29) is 12.4 Å². The van der Waals surface area contributed by atoms with Gasteiger partial charge in [-0.3, -0.25) is 0 Å². The second kappa shape index (κ2) is 6.34. The lowest BCUT2D eigenvalue weighted by Crippen LogP contribution is -2.17. The van der Waals surface area contributed by atoms with Gasteiger partial charge in [-0.05, 0) is 36.4 Å². The molecule has 0 aliphatic heterocycles. The van der Waals surface area contributed by atoms with Gasteiger partial charge in [-0.25, -0.2) is 9.18 Å². The van der Waals surface area contributed by atoms with E-state index in [2.05, 4.69) is 0 Å². The first-order chi connectivity index (χ1) is 9.67. The third kappa shape index (κ3) is 3.82. The standard InChI is InChI=1S/C15H10FNO3/c16-12-2-1-3-14(8-12)20-15(18)10-19-13-6-4-11(9-17)5-7-13/h1-8H,10H2. The molecular weight excluding hydrogens is 261 g/mol. The Balaban J connectivity index is 1.87. The van der Waals surface area contributed by atoms with E-state index >= 15 is 0 Å². The number of carbonyl (C=O) groups excluding carboxylic acids is 1. The Kier molecular flexibility index (Phi) is 4.30. The highest BCUT2D eigenvalue weighted by Crippen LogP contribution is 2.14. The summed E-state index contributed by atoms with van der Waals surface area (Å²) in [4.78, 5) is 11.5. The number of benzene rings is 2. The molecule has 4 nitrogen and oxygen atoms in total. The number of halogens is 1. The van der Waals surface area contributed by atoms with Crippen molar-refractivity contribution >= 4 is 5.97 Å². The maximum absolute atomic E-state index is 12.9. The van der Waals surface area contributed by atoms with E-state index in [1.165, 1.54) is 18.2 Å². The number of esters is 1. The van der Waals surface area contributed by atoms with Gasteiger partial charge in [-0.15, -0.1) is 0 Å². The van der Waals surface area contributed by atoms with Crippen molar-refractivity contribution < 1.29 is 18.7 Å². The summed E-state index contributed by atoms with van der Waals surface area (Å²) in [5.74, 6) is -0.554. The van der Waals surface area contributed by atoms with Crippen molar-refractivity contribution in [2.45, 2.75) is 0 Å². The van der Waals surface area contributed by atoms with Gasteiger partial charge in [0.1, 0.15) is 17.3 Å². The molecule has 0 atom stereocenters.